The van der Waals surface area contributed by atoms with Gasteiger partial charge in [0.15, 0.2) is 0 Å². The van der Waals surface area contributed by atoms with Crippen molar-refractivity contribution < 1.29 is 0 Å². The van der Waals surface area contributed by atoms with Gasteiger partial charge in [-0.05, 0) is 110 Å². The second kappa shape index (κ2) is 7.88. The molecule has 0 amide bonds. The second-order valence-corrected chi connectivity index (χ2v) is 15.7. The highest BCUT2D eigenvalue weighted by Crippen LogP contribution is 2.63. The molecule has 4 aliphatic rings. The number of fused-ring (bicyclic) bond motifs is 4. The molecule has 0 heterocycles. The van der Waals surface area contributed by atoms with E-state index in [1.54, 1.807) is 6.16 Å². The van der Waals surface area contributed by atoms with Crippen molar-refractivity contribution in [1.29, 1.82) is 0 Å². The van der Waals surface area contributed by atoms with Gasteiger partial charge in [-0.3, -0.25) is 0 Å². The lowest BCUT2D eigenvalue weighted by Gasteiger charge is -2.52. The van der Waals surface area contributed by atoms with Crippen LogP contribution in [-0.2, 0) is 0 Å². The van der Waals surface area contributed by atoms with Gasteiger partial charge in [0, 0.05) is 0 Å². The van der Waals surface area contributed by atoms with Gasteiger partial charge in [-0.1, -0.05) is 45.1 Å². The molecule has 0 saturated heterocycles. The fourth-order valence-corrected chi connectivity index (χ4v) is 13.2. The van der Waals surface area contributed by atoms with Gasteiger partial charge >= 0.3 is 0 Å². The number of hydrogen-bond acceptors (Lipinski definition) is 0. The lowest BCUT2D eigenvalue weighted by atomic mass is 9.61. The van der Waals surface area contributed by atoms with Crippen LogP contribution in [-0.4, -0.2) is 29.3 Å². The fraction of sp³-hybridized carbons (Fsp3) is 0.840. The zero-order chi connectivity index (χ0) is 19.1. The Morgan fingerprint density at radius 2 is 1.89 bits per heavy atom. The maximum Gasteiger partial charge on any atom is -0.00542 e. The van der Waals surface area contributed by atoms with Crippen molar-refractivity contribution in [3.63, 3.8) is 0 Å². The average molecular weight is 405 g/mol. The van der Waals surface area contributed by atoms with Gasteiger partial charge in [-0.2, -0.15) is 0 Å². The van der Waals surface area contributed by atoms with Gasteiger partial charge in [0.25, 0.3) is 0 Å². The van der Waals surface area contributed by atoms with Crippen molar-refractivity contribution in [3.05, 3.63) is 24.3 Å². The Hall–Kier alpha value is 0.340. The van der Waals surface area contributed by atoms with E-state index in [1.165, 1.54) is 72.5 Å². The van der Waals surface area contributed by atoms with E-state index in [0.717, 1.165) is 17.8 Å². The van der Waals surface area contributed by atoms with Crippen LogP contribution in [0.4, 0.5) is 0 Å². The highest BCUT2D eigenvalue weighted by atomic mass is 31.1. The summed E-state index contributed by atoms with van der Waals surface area (Å²) in [5.74, 6) is 2.79. The minimum Gasteiger partial charge on any atom is -0.115 e. The molecule has 152 valence electrons. The lowest BCUT2D eigenvalue weighted by Crippen LogP contribution is -2.43. The van der Waals surface area contributed by atoms with E-state index in [0.29, 0.717) is 15.7 Å². The third kappa shape index (κ3) is 4.15. The smallest absolute Gasteiger partial charge is 0.00542 e. The van der Waals surface area contributed by atoms with Crippen LogP contribution in [0.5, 0.6) is 0 Å². The summed E-state index contributed by atoms with van der Waals surface area (Å²) in [4.78, 5) is 0. The molecule has 0 radical (unpaired) electrons. The summed E-state index contributed by atoms with van der Waals surface area (Å²) in [5, 5.41) is 1.37. The SMILES string of the molecule is CCC12C=CC[C@@](PCCP(C)[C@@]34CC=CC(CC(C)C3)C4)(CC(C)C1)C2. The molecule has 4 aliphatic carbocycles. The van der Waals surface area contributed by atoms with E-state index in [2.05, 4.69) is 51.7 Å². The largest absolute Gasteiger partial charge is 0.115 e. The molecular formula is C25H42P2. The fourth-order valence-electron chi connectivity index (χ4n) is 7.55. The Morgan fingerprint density at radius 1 is 1.04 bits per heavy atom. The van der Waals surface area contributed by atoms with Crippen LogP contribution < -0.4 is 0 Å². The summed E-state index contributed by atoms with van der Waals surface area (Å²) in [6.45, 7) is 10.2. The normalized spacial score (nSPS) is 47.5. The first-order chi connectivity index (χ1) is 12.9. The van der Waals surface area contributed by atoms with Crippen LogP contribution >= 0.6 is 16.5 Å². The van der Waals surface area contributed by atoms with Crippen molar-refractivity contribution in [2.75, 3.05) is 19.0 Å². The summed E-state index contributed by atoms with van der Waals surface area (Å²) in [5.41, 5.74) is 0.554. The maximum absolute atomic E-state index is 2.67. The quantitative estimate of drug-likeness (QED) is 0.313. The predicted molar refractivity (Wildman–Crippen MR) is 126 cm³/mol. The number of rotatable bonds is 6. The van der Waals surface area contributed by atoms with Crippen molar-refractivity contribution in [2.24, 2.45) is 23.2 Å². The zero-order valence-corrected chi connectivity index (χ0v) is 20.2. The highest BCUT2D eigenvalue weighted by Gasteiger charge is 2.47. The molecule has 0 aromatic carbocycles. The molecule has 0 spiro atoms. The van der Waals surface area contributed by atoms with E-state index in [-0.39, 0.29) is 7.92 Å². The van der Waals surface area contributed by atoms with Gasteiger partial charge in [0.05, 0.1) is 0 Å². The predicted octanol–water partition coefficient (Wildman–Crippen LogP) is 7.83. The molecule has 0 nitrogen and oxygen atoms in total. The third-order valence-electron chi connectivity index (χ3n) is 8.61. The van der Waals surface area contributed by atoms with Gasteiger partial charge in [0.2, 0.25) is 0 Å². The van der Waals surface area contributed by atoms with E-state index in [9.17, 15) is 0 Å². The molecule has 27 heavy (non-hydrogen) atoms. The molecule has 6 unspecified atom stereocenters. The average Bonchev–Trinajstić information content (AvgIpc) is 2.60. The Bertz CT molecular complexity index is 595. The molecule has 0 aromatic rings. The minimum absolute atomic E-state index is 0.178. The van der Waals surface area contributed by atoms with Crippen LogP contribution in [0.15, 0.2) is 24.3 Å². The summed E-state index contributed by atoms with van der Waals surface area (Å²) in [6, 6.07) is 0. The standard InChI is InChI=1S/C25H42P2/c1-5-23-9-7-10-24(19-23,16-21(3)15-23)26-12-13-27(4)25-11-6-8-22(18-25)14-20(2)17-25/h6-9,20-22,26H,5,10-19H2,1-4H3/t20?,21?,22?,23?,24-,25+,27?/m1/s1. The summed E-state index contributed by atoms with van der Waals surface area (Å²) in [6.07, 6.45) is 26.5. The lowest BCUT2D eigenvalue weighted by molar-refractivity contribution is 0.145. The van der Waals surface area contributed by atoms with Crippen molar-refractivity contribution in [1.82, 2.24) is 0 Å². The van der Waals surface area contributed by atoms with Crippen molar-refractivity contribution in [2.45, 2.75) is 88.9 Å². The molecule has 4 rings (SSSR count). The first kappa shape index (κ1) is 20.6. The molecule has 0 N–H and O–H groups in total. The Kier molecular flexibility index (Phi) is 6.01. The number of hydrogen-bond donors (Lipinski definition) is 0. The van der Waals surface area contributed by atoms with Crippen LogP contribution in [0.2, 0.25) is 0 Å². The van der Waals surface area contributed by atoms with Crippen molar-refractivity contribution in [3.8, 4) is 0 Å². The van der Waals surface area contributed by atoms with Crippen LogP contribution in [0, 0.1) is 23.2 Å². The molecule has 2 heteroatoms. The molecule has 0 aromatic heterocycles. The van der Waals surface area contributed by atoms with E-state index >= 15 is 0 Å². The molecule has 2 saturated carbocycles. The Morgan fingerprint density at radius 3 is 2.70 bits per heavy atom. The molecule has 4 bridgehead atoms. The topological polar surface area (TPSA) is 0 Å². The Balaban J connectivity index is 1.38. The van der Waals surface area contributed by atoms with E-state index in [1.807, 2.05) is 0 Å². The first-order valence-corrected chi connectivity index (χ1v) is 14.9. The summed E-state index contributed by atoms with van der Waals surface area (Å²) >= 11 is 0. The van der Waals surface area contributed by atoms with Gasteiger partial charge < -0.3 is 0 Å². The molecular weight excluding hydrogens is 362 g/mol. The van der Waals surface area contributed by atoms with Crippen LogP contribution in [0.3, 0.4) is 0 Å². The van der Waals surface area contributed by atoms with E-state index in [4.69, 9.17) is 0 Å². The molecule has 8 atom stereocenters. The zero-order valence-electron chi connectivity index (χ0n) is 18.3. The molecule has 0 aliphatic heterocycles. The minimum atomic E-state index is 0.178. The van der Waals surface area contributed by atoms with Gasteiger partial charge in [-0.15, -0.1) is 16.5 Å². The van der Waals surface area contributed by atoms with Crippen molar-refractivity contribution >= 4 is 16.5 Å². The second-order valence-electron chi connectivity index (χ2n) is 11.0. The summed E-state index contributed by atoms with van der Waals surface area (Å²) < 4.78 is 0. The van der Waals surface area contributed by atoms with Crippen LogP contribution in [0.1, 0.15) is 78.6 Å². The Labute approximate surface area is 172 Å². The van der Waals surface area contributed by atoms with Crippen LogP contribution in [0.25, 0.3) is 0 Å². The first-order valence-electron chi connectivity index (χ1n) is 11.7. The maximum atomic E-state index is 2.67. The summed E-state index contributed by atoms with van der Waals surface area (Å²) in [7, 11) is 1.38. The number of allylic oxidation sites excluding steroid dienone is 4. The third-order valence-corrected chi connectivity index (χ3v) is 13.9. The van der Waals surface area contributed by atoms with Gasteiger partial charge in [0.1, 0.15) is 0 Å². The highest BCUT2D eigenvalue weighted by molar-refractivity contribution is 7.59. The van der Waals surface area contributed by atoms with E-state index < -0.39 is 0 Å². The van der Waals surface area contributed by atoms with Gasteiger partial charge in [-0.25, -0.2) is 0 Å². The monoisotopic (exact) mass is 404 g/mol. The molecule has 2 fully saturated rings.